The van der Waals surface area contributed by atoms with E-state index in [4.69, 9.17) is 9.47 Å². The van der Waals surface area contributed by atoms with Gasteiger partial charge in [-0.05, 0) is 6.92 Å². The van der Waals surface area contributed by atoms with Crippen molar-refractivity contribution in [3.63, 3.8) is 0 Å². The molecule has 0 saturated heterocycles. The molecule has 1 rings (SSSR count). The third-order valence-electron chi connectivity index (χ3n) is 1.37. The number of hydrogen-bond acceptors (Lipinski definition) is 6. The van der Waals surface area contributed by atoms with E-state index < -0.39 is 5.97 Å². The van der Waals surface area contributed by atoms with Crippen molar-refractivity contribution in [3.05, 3.63) is 24.8 Å². The Hall–Kier alpha value is -1.98. The molecule has 0 N–H and O–H groups in total. The Kier molecular flexibility index (Phi) is 4.21. The van der Waals surface area contributed by atoms with Gasteiger partial charge >= 0.3 is 12.0 Å². The largest absolute Gasteiger partial charge is 0.460 e. The third-order valence-corrected chi connectivity index (χ3v) is 1.37. The van der Waals surface area contributed by atoms with Crippen molar-refractivity contribution in [2.45, 2.75) is 6.92 Å². The van der Waals surface area contributed by atoms with Crippen molar-refractivity contribution in [3.8, 4) is 6.01 Å². The van der Waals surface area contributed by atoms with Crippen LogP contribution in [0.5, 0.6) is 6.01 Å². The third kappa shape index (κ3) is 4.17. The van der Waals surface area contributed by atoms with Crippen LogP contribution in [0, 0.1) is 0 Å². The number of carbonyl (C=O) groups excluding carboxylic acids is 1. The summed E-state index contributed by atoms with van der Waals surface area (Å²) >= 11 is 0. The standard InChI is InChI=1S/C9H11N3O3/c1-7(2)8(13)14-3-4-15-9-11-5-10-6-12-9/h5-6H,1,3-4H2,2H3. The number of aromatic nitrogens is 3. The first kappa shape index (κ1) is 11.1. The number of rotatable bonds is 5. The van der Waals surface area contributed by atoms with Gasteiger partial charge in [0, 0.05) is 5.57 Å². The zero-order chi connectivity index (χ0) is 11.1. The Bertz CT molecular complexity index is 340. The second kappa shape index (κ2) is 5.69. The summed E-state index contributed by atoms with van der Waals surface area (Å²) in [4.78, 5) is 22.0. The van der Waals surface area contributed by atoms with Crippen molar-refractivity contribution in [2.24, 2.45) is 0 Å². The van der Waals surface area contributed by atoms with Crippen LogP contribution in [-0.2, 0) is 9.53 Å². The molecule has 0 unspecified atom stereocenters. The fraction of sp³-hybridized carbons (Fsp3) is 0.333. The minimum atomic E-state index is -0.436. The van der Waals surface area contributed by atoms with E-state index in [0.717, 1.165) is 0 Å². The van der Waals surface area contributed by atoms with Crippen LogP contribution in [0.2, 0.25) is 0 Å². The van der Waals surface area contributed by atoms with Crippen molar-refractivity contribution in [2.75, 3.05) is 13.2 Å². The van der Waals surface area contributed by atoms with Crippen LogP contribution in [-0.4, -0.2) is 34.1 Å². The first-order valence-electron chi connectivity index (χ1n) is 4.27. The molecule has 0 radical (unpaired) electrons. The molecule has 0 bridgehead atoms. The predicted molar refractivity (Wildman–Crippen MR) is 51.1 cm³/mol. The van der Waals surface area contributed by atoms with Crippen molar-refractivity contribution in [1.82, 2.24) is 15.0 Å². The Balaban J connectivity index is 2.18. The van der Waals surface area contributed by atoms with E-state index in [-0.39, 0.29) is 19.2 Å². The van der Waals surface area contributed by atoms with Crippen LogP contribution >= 0.6 is 0 Å². The Labute approximate surface area is 87.0 Å². The van der Waals surface area contributed by atoms with Gasteiger partial charge in [-0.3, -0.25) is 0 Å². The highest BCUT2D eigenvalue weighted by Gasteiger charge is 2.02. The minimum Gasteiger partial charge on any atom is -0.460 e. The van der Waals surface area contributed by atoms with Crippen molar-refractivity contribution in [1.29, 1.82) is 0 Å². The van der Waals surface area contributed by atoms with Gasteiger partial charge in [0.2, 0.25) is 0 Å². The number of nitrogens with zero attached hydrogens (tertiary/aromatic N) is 3. The molecular weight excluding hydrogens is 198 g/mol. The Morgan fingerprint density at radius 1 is 1.40 bits per heavy atom. The summed E-state index contributed by atoms with van der Waals surface area (Å²) in [5.74, 6) is -0.436. The monoisotopic (exact) mass is 209 g/mol. The number of hydrogen-bond donors (Lipinski definition) is 0. The summed E-state index contributed by atoms with van der Waals surface area (Å²) in [6.45, 7) is 5.36. The van der Waals surface area contributed by atoms with Gasteiger partial charge in [-0.2, -0.15) is 9.97 Å². The number of esters is 1. The first-order valence-corrected chi connectivity index (χ1v) is 4.27. The number of ether oxygens (including phenoxy) is 2. The van der Waals surface area contributed by atoms with Gasteiger partial charge in [0.15, 0.2) is 0 Å². The molecule has 1 aromatic heterocycles. The van der Waals surface area contributed by atoms with Gasteiger partial charge in [-0.1, -0.05) is 6.58 Å². The minimum absolute atomic E-state index is 0.136. The highest BCUT2D eigenvalue weighted by Crippen LogP contribution is 1.96. The zero-order valence-corrected chi connectivity index (χ0v) is 8.34. The van der Waals surface area contributed by atoms with Gasteiger partial charge in [0.25, 0.3) is 0 Å². The maximum absolute atomic E-state index is 10.9. The summed E-state index contributed by atoms with van der Waals surface area (Å²) in [6.07, 6.45) is 2.64. The Morgan fingerprint density at radius 2 is 2.07 bits per heavy atom. The molecule has 0 aromatic carbocycles. The van der Waals surface area contributed by atoms with Crippen LogP contribution in [0.25, 0.3) is 0 Å². The van der Waals surface area contributed by atoms with E-state index in [1.165, 1.54) is 12.7 Å². The SMILES string of the molecule is C=C(C)C(=O)OCCOc1ncncn1. The fourth-order valence-electron chi connectivity index (χ4n) is 0.694. The molecule has 15 heavy (non-hydrogen) atoms. The predicted octanol–water partition coefficient (Wildman–Crippen LogP) is 0.370. The van der Waals surface area contributed by atoms with E-state index >= 15 is 0 Å². The molecule has 0 aliphatic carbocycles. The van der Waals surface area contributed by atoms with Gasteiger partial charge < -0.3 is 9.47 Å². The van der Waals surface area contributed by atoms with E-state index in [1.54, 1.807) is 6.92 Å². The fourth-order valence-corrected chi connectivity index (χ4v) is 0.694. The lowest BCUT2D eigenvalue weighted by Crippen LogP contribution is -2.13. The van der Waals surface area contributed by atoms with E-state index in [9.17, 15) is 4.79 Å². The molecule has 80 valence electrons. The second-order valence-electron chi connectivity index (χ2n) is 2.69. The van der Waals surface area contributed by atoms with Crippen LogP contribution in [0.3, 0.4) is 0 Å². The van der Waals surface area contributed by atoms with Gasteiger partial charge in [-0.25, -0.2) is 9.78 Å². The highest BCUT2D eigenvalue weighted by molar-refractivity contribution is 5.86. The second-order valence-corrected chi connectivity index (χ2v) is 2.69. The molecule has 0 amide bonds. The summed E-state index contributed by atoms with van der Waals surface area (Å²) in [6, 6.07) is 0.205. The highest BCUT2D eigenvalue weighted by atomic mass is 16.6. The zero-order valence-electron chi connectivity index (χ0n) is 8.34. The van der Waals surface area contributed by atoms with Crippen molar-refractivity contribution >= 4 is 5.97 Å². The van der Waals surface area contributed by atoms with Crippen LogP contribution in [0.15, 0.2) is 24.8 Å². The molecule has 6 heteroatoms. The van der Waals surface area contributed by atoms with Gasteiger partial charge in [-0.15, -0.1) is 0 Å². The average molecular weight is 209 g/mol. The van der Waals surface area contributed by atoms with Crippen LogP contribution in [0.1, 0.15) is 6.92 Å². The van der Waals surface area contributed by atoms with Gasteiger partial charge in [0.05, 0.1) is 0 Å². The summed E-state index contributed by atoms with van der Waals surface area (Å²) in [5.41, 5.74) is 0.357. The lowest BCUT2D eigenvalue weighted by Gasteiger charge is -2.04. The molecule has 6 nitrogen and oxygen atoms in total. The van der Waals surface area contributed by atoms with Crippen LogP contribution < -0.4 is 4.74 Å². The topological polar surface area (TPSA) is 74.2 Å². The molecule has 0 saturated carbocycles. The Morgan fingerprint density at radius 3 is 2.67 bits per heavy atom. The molecule has 1 heterocycles. The molecule has 0 aliphatic heterocycles. The average Bonchev–Trinajstić information content (AvgIpc) is 2.25. The molecule has 0 atom stereocenters. The smallest absolute Gasteiger partial charge is 0.333 e. The van der Waals surface area contributed by atoms with E-state index in [1.807, 2.05) is 0 Å². The summed E-state index contributed by atoms with van der Waals surface area (Å²) in [7, 11) is 0. The lowest BCUT2D eigenvalue weighted by atomic mass is 10.4. The lowest BCUT2D eigenvalue weighted by molar-refractivity contribution is -0.139. The molecule has 0 aliphatic rings. The maximum atomic E-state index is 10.9. The molecular formula is C9H11N3O3. The quantitative estimate of drug-likeness (QED) is 0.396. The van der Waals surface area contributed by atoms with Gasteiger partial charge in [0.1, 0.15) is 25.9 Å². The summed E-state index contributed by atoms with van der Waals surface area (Å²) < 4.78 is 9.86. The molecule has 1 aromatic rings. The molecule has 0 spiro atoms. The van der Waals surface area contributed by atoms with E-state index in [0.29, 0.717) is 5.57 Å². The molecule has 0 fully saturated rings. The van der Waals surface area contributed by atoms with Crippen LogP contribution in [0.4, 0.5) is 0 Å². The van der Waals surface area contributed by atoms with Crippen molar-refractivity contribution < 1.29 is 14.3 Å². The maximum Gasteiger partial charge on any atom is 0.333 e. The van der Waals surface area contributed by atoms with E-state index in [2.05, 4.69) is 21.5 Å². The first-order chi connectivity index (χ1) is 7.20. The summed E-state index contributed by atoms with van der Waals surface area (Å²) in [5, 5.41) is 0. The normalized spacial score (nSPS) is 9.40. The number of carbonyl (C=O) groups is 1.